The standard InChI is InChI=1S/C32H30N2O5S/c1-3-22(20-29-33(4-2)31-25-12-7-5-10-23(25)14-16-27(31)38-29)21-30-34(18-9-19-40(35,36)37)32-26-13-8-6-11-24(26)15-17-28(32)39-30/h5-8,10-17,20-21H,3-4,9,18-19H2,1-2H3. The second-order valence-electron chi connectivity index (χ2n) is 9.88. The number of aromatic nitrogens is 1. The highest BCUT2D eigenvalue weighted by Crippen LogP contribution is 2.44. The van der Waals surface area contributed by atoms with E-state index in [2.05, 4.69) is 36.9 Å². The lowest BCUT2D eigenvalue weighted by molar-refractivity contribution is -0.677. The maximum absolute atomic E-state index is 11.3. The predicted octanol–water partition coefficient (Wildman–Crippen LogP) is 6.52. The molecule has 4 aromatic carbocycles. The molecule has 0 amide bonds. The summed E-state index contributed by atoms with van der Waals surface area (Å²) in [5, 5.41) is 4.36. The van der Waals surface area contributed by atoms with Crippen LogP contribution in [0.25, 0.3) is 38.7 Å². The first-order valence-electron chi connectivity index (χ1n) is 13.5. The number of benzene rings is 4. The van der Waals surface area contributed by atoms with Crippen LogP contribution in [-0.4, -0.2) is 25.3 Å². The molecule has 6 rings (SSSR count). The van der Waals surface area contributed by atoms with Gasteiger partial charge >= 0.3 is 5.89 Å². The van der Waals surface area contributed by atoms with Gasteiger partial charge in [0.2, 0.25) is 11.5 Å². The highest BCUT2D eigenvalue weighted by molar-refractivity contribution is 7.85. The minimum atomic E-state index is -4.32. The topological polar surface area (TPSA) is 86.7 Å². The summed E-state index contributed by atoms with van der Waals surface area (Å²) in [5.74, 6) is 1.72. The Bertz CT molecular complexity index is 1920. The Morgan fingerprint density at radius 2 is 1.65 bits per heavy atom. The SMILES string of the molecule is CCC(/C=C1\Oc2ccc3ccccc3c2N1CC)=C\c1oc2ccc3ccccc3c2[n+]1CCCS(=O)(=O)[O-]. The maximum Gasteiger partial charge on any atom is 0.374 e. The van der Waals surface area contributed by atoms with Gasteiger partial charge < -0.3 is 18.6 Å². The van der Waals surface area contributed by atoms with Crippen LogP contribution in [0.2, 0.25) is 0 Å². The number of hydrogen-bond donors (Lipinski definition) is 0. The van der Waals surface area contributed by atoms with Gasteiger partial charge in [0.15, 0.2) is 12.3 Å². The summed E-state index contributed by atoms with van der Waals surface area (Å²) in [6.45, 7) is 5.25. The molecule has 0 bridgehead atoms. The van der Waals surface area contributed by atoms with E-state index in [1.807, 2.05) is 71.3 Å². The lowest BCUT2D eigenvalue weighted by Gasteiger charge is -2.17. The highest BCUT2D eigenvalue weighted by atomic mass is 32.2. The number of hydrogen-bond acceptors (Lipinski definition) is 6. The Labute approximate surface area is 233 Å². The van der Waals surface area contributed by atoms with Gasteiger partial charge in [0.1, 0.15) is 0 Å². The molecular formula is C32H30N2O5S. The number of aryl methyl sites for hydroxylation is 1. The number of oxazole rings is 1. The van der Waals surface area contributed by atoms with Gasteiger partial charge in [-0.15, -0.1) is 0 Å². The minimum absolute atomic E-state index is 0.187. The van der Waals surface area contributed by atoms with Gasteiger partial charge in [-0.05, 0) is 47.9 Å². The molecule has 40 heavy (non-hydrogen) atoms. The van der Waals surface area contributed by atoms with Crippen LogP contribution in [0, 0.1) is 0 Å². The molecular weight excluding hydrogens is 524 g/mol. The zero-order chi connectivity index (χ0) is 27.9. The van der Waals surface area contributed by atoms with Crippen molar-refractivity contribution in [3.05, 3.63) is 96.2 Å². The first kappa shape index (κ1) is 26.1. The molecule has 0 radical (unpaired) electrons. The van der Waals surface area contributed by atoms with Crippen molar-refractivity contribution in [2.75, 3.05) is 17.2 Å². The zero-order valence-electron chi connectivity index (χ0n) is 22.5. The Balaban J connectivity index is 1.44. The summed E-state index contributed by atoms with van der Waals surface area (Å²) in [6.07, 6.45) is 4.92. The van der Waals surface area contributed by atoms with E-state index in [4.69, 9.17) is 9.15 Å². The molecule has 0 aliphatic carbocycles. The van der Waals surface area contributed by atoms with Crippen molar-refractivity contribution in [2.45, 2.75) is 33.2 Å². The molecule has 0 atom stereocenters. The van der Waals surface area contributed by atoms with E-state index in [9.17, 15) is 13.0 Å². The van der Waals surface area contributed by atoms with Gasteiger partial charge in [0.25, 0.3) is 5.52 Å². The summed E-state index contributed by atoms with van der Waals surface area (Å²) in [4.78, 5) is 2.18. The normalized spacial score (nSPS) is 14.9. The number of fused-ring (bicyclic) bond motifs is 6. The fourth-order valence-corrected chi connectivity index (χ4v) is 5.94. The van der Waals surface area contributed by atoms with E-state index in [1.54, 1.807) is 0 Å². The van der Waals surface area contributed by atoms with Crippen molar-refractivity contribution in [1.29, 1.82) is 0 Å². The van der Waals surface area contributed by atoms with E-state index in [-0.39, 0.29) is 6.42 Å². The van der Waals surface area contributed by atoms with Crippen LogP contribution < -0.4 is 14.2 Å². The fourth-order valence-electron chi connectivity index (χ4n) is 5.46. The van der Waals surface area contributed by atoms with Crippen LogP contribution in [0.5, 0.6) is 5.75 Å². The van der Waals surface area contributed by atoms with Gasteiger partial charge in [-0.1, -0.05) is 61.5 Å². The highest BCUT2D eigenvalue weighted by Gasteiger charge is 2.28. The monoisotopic (exact) mass is 554 g/mol. The molecule has 7 nitrogen and oxygen atoms in total. The van der Waals surface area contributed by atoms with Crippen molar-refractivity contribution in [3.63, 3.8) is 0 Å². The van der Waals surface area contributed by atoms with Gasteiger partial charge in [-0.25, -0.2) is 8.42 Å². The molecule has 5 aromatic rings. The fraction of sp³-hybridized carbons (Fsp3) is 0.219. The summed E-state index contributed by atoms with van der Waals surface area (Å²) in [6, 6.07) is 24.3. The Hall–Kier alpha value is -4.14. The maximum atomic E-state index is 11.3. The molecule has 0 spiro atoms. The molecule has 0 fully saturated rings. The van der Waals surface area contributed by atoms with Crippen LogP contribution in [-0.2, 0) is 16.7 Å². The van der Waals surface area contributed by atoms with Crippen LogP contribution in [0.15, 0.2) is 94.7 Å². The summed E-state index contributed by atoms with van der Waals surface area (Å²) >= 11 is 0. The Morgan fingerprint density at radius 1 is 0.950 bits per heavy atom. The second kappa shape index (κ2) is 10.4. The third-order valence-corrected chi connectivity index (χ3v) is 8.14. The summed E-state index contributed by atoms with van der Waals surface area (Å²) in [5.41, 5.74) is 3.62. The van der Waals surface area contributed by atoms with E-state index in [1.165, 1.54) is 0 Å². The average Bonchev–Trinajstić information content (AvgIpc) is 3.49. The largest absolute Gasteiger partial charge is 0.748 e. The molecule has 8 heteroatoms. The summed E-state index contributed by atoms with van der Waals surface area (Å²) < 4.78 is 48.7. The van der Waals surface area contributed by atoms with Crippen LogP contribution in [0.1, 0.15) is 32.6 Å². The van der Waals surface area contributed by atoms with Gasteiger partial charge in [-0.3, -0.25) is 0 Å². The van der Waals surface area contributed by atoms with E-state index in [0.29, 0.717) is 24.4 Å². The molecule has 2 heterocycles. The van der Waals surface area contributed by atoms with Crippen molar-refractivity contribution < 1.29 is 26.7 Å². The zero-order valence-corrected chi connectivity index (χ0v) is 23.3. The third-order valence-electron chi connectivity index (χ3n) is 7.35. The van der Waals surface area contributed by atoms with Gasteiger partial charge in [0, 0.05) is 30.2 Å². The Kier molecular flexibility index (Phi) is 6.82. The van der Waals surface area contributed by atoms with Crippen molar-refractivity contribution in [2.24, 2.45) is 0 Å². The minimum Gasteiger partial charge on any atom is -0.748 e. The van der Waals surface area contributed by atoms with E-state index < -0.39 is 15.9 Å². The predicted molar refractivity (Wildman–Crippen MR) is 157 cm³/mol. The summed E-state index contributed by atoms with van der Waals surface area (Å²) in [7, 11) is -4.32. The molecule has 0 N–H and O–H groups in total. The van der Waals surface area contributed by atoms with Crippen LogP contribution in [0.4, 0.5) is 5.69 Å². The number of ether oxygens (including phenoxy) is 1. The number of nitrogens with zero attached hydrogens (tertiary/aromatic N) is 2. The van der Waals surface area contributed by atoms with Crippen LogP contribution >= 0.6 is 0 Å². The molecule has 0 saturated heterocycles. The Morgan fingerprint density at radius 3 is 2.38 bits per heavy atom. The molecule has 0 saturated carbocycles. The van der Waals surface area contributed by atoms with Crippen molar-refractivity contribution >= 4 is 54.5 Å². The number of rotatable bonds is 8. The van der Waals surface area contributed by atoms with Gasteiger partial charge in [-0.2, -0.15) is 4.57 Å². The number of anilines is 1. The lowest BCUT2D eigenvalue weighted by atomic mass is 10.1. The first-order chi connectivity index (χ1) is 19.4. The molecule has 1 aromatic heterocycles. The van der Waals surface area contributed by atoms with E-state index in [0.717, 1.165) is 56.5 Å². The smallest absolute Gasteiger partial charge is 0.374 e. The first-order valence-corrected chi connectivity index (χ1v) is 15.1. The second-order valence-corrected chi connectivity index (χ2v) is 11.4. The third kappa shape index (κ3) is 4.85. The lowest BCUT2D eigenvalue weighted by Crippen LogP contribution is -2.36. The van der Waals surface area contributed by atoms with Crippen LogP contribution in [0.3, 0.4) is 0 Å². The van der Waals surface area contributed by atoms with Crippen molar-refractivity contribution in [3.8, 4) is 5.75 Å². The number of allylic oxidation sites excluding steroid dienone is 2. The molecule has 1 aliphatic heterocycles. The van der Waals surface area contributed by atoms with Crippen molar-refractivity contribution in [1.82, 2.24) is 0 Å². The van der Waals surface area contributed by atoms with E-state index >= 15 is 0 Å². The molecule has 1 aliphatic rings. The quantitative estimate of drug-likeness (QED) is 0.160. The molecule has 0 unspecified atom stereocenters. The molecule has 204 valence electrons. The average molecular weight is 555 g/mol. The van der Waals surface area contributed by atoms with Gasteiger partial charge in [0.05, 0.1) is 27.3 Å².